The van der Waals surface area contributed by atoms with E-state index < -0.39 is 0 Å². The zero-order chi connectivity index (χ0) is 11.6. The number of hydrogen-bond donors (Lipinski definition) is 0. The second kappa shape index (κ2) is 4.58. The Bertz CT molecular complexity index is 376. The molecule has 1 fully saturated rings. The number of rotatable bonds is 4. The third-order valence-corrected chi connectivity index (χ3v) is 3.87. The van der Waals surface area contributed by atoms with Gasteiger partial charge in [-0.3, -0.25) is 4.79 Å². The van der Waals surface area contributed by atoms with Gasteiger partial charge < -0.3 is 0 Å². The van der Waals surface area contributed by atoms with Crippen molar-refractivity contribution >= 4 is 17.4 Å². The van der Waals surface area contributed by atoms with Crippen LogP contribution < -0.4 is 0 Å². The van der Waals surface area contributed by atoms with E-state index >= 15 is 0 Å². The summed E-state index contributed by atoms with van der Waals surface area (Å²) in [5, 5.41) is 0.737. The number of ketones is 1. The third-order valence-electron chi connectivity index (χ3n) is 3.61. The molecule has 1 aromatic rings. The highest BCUT2D eigenvalue weighted by Crippen LogP contribution is 2.45. The van der Waals surface area contributed by atoms with Crippen LogP contribution in [0.15, 0.2) is 24.3 Å². The van der Waals surface area contributed by atoms with Gasteiger partial charge in [0.1, 0.15) is 5.78 Å². The zero-order valence-corrected chi connectivity index (χ0v) is 10.4. The Morgan fingerprint density at radius 2 is 1.94 bits per heavy atom. The summed E-state index contributed by atoms with van der Waals surface area (Å²) in [6.45, 7) is 2.06. The molecule has 0 bridgehead atoms. The fraction of sp³-hybridized carbons (Fsp3) is 0.500. The van der Waals surface area contributed by atoms with Gasteiger partial charge in [0.15, 0.2) is 0 Å². The monoisotopic (exact) mass is 236 g/mol. The van der Waals surface area contributed by atoms with Crippen LogP contribution in [0.25, 0.3) is 0 Å². The number of halogens is 1. The van der Waals surface area contributed by atoms with Gasteiger partial charge >= 0.3 is 0 Å². The van der Waals surface area contributed by atoms with Crippen molar-refractivity contribution in [2.45, 2.75) is 44.4 Å². The Morgan fingerprint density at radius 1 is 1.31 bits per heavy atom. The standard InChI is InChI=1S/C14H17ClO/c1-2-4-13(16)14(9-3-10-14)11-5-7-12(15)8-6-11/h5-8H,2-4,9-10H2,1H3. The van der Waals surface area contributed by atoms with Crippen molar-refractivity contribution in [1.29, 1.82) is 0 Å². The molecule has 0 N–H and O–H groups in total. The average molecular weight is 237 g/mol. The first-order chi connectivity index (χ1) is 7.69. The minimum absolute atomic E-state index is 0.180. The van der Waals surface area contributed by atoms with E-state index in [2.05, 4.69) is 6.92 Å². The van der Waals surface area contributed by atoms with E-state index in [0.717, 1.165) is 36.3 Å². The van der Waals surface area contributed by atoms with Gasteiger partial charge in [0, 0.05) is 11.4 Å². The first-order valence-corrected chi connectivity index (χ1v) is 6.36. The molecule has 0 amide bonds. The smallest absolute Gasteiger partial charge is 0.143 e. The topological polar surface area (TPSA) is 17.1 Å². The largest absolute Gasteiger partial charge is 0.299 e. The Hall–Kier alpha value is -0.820. The Morgan fingerprint density at radius 3 is 2.38 bits per heavy atom. The van der Waals surface area contributed by atoms with Gasteiger partial charge in [0.05, 0.1) is 5.41 Å². The molecule has 2 heteroatoms. The van der Waals surface area contributed by atoms with Crippen LogP contribution in [0.2, 0.25) is 5.02 Å². The first kappa shape index (κ1) is 11.7. The predicted molar refractivity (Wildman–Crippen MR) is 66.9 cm³/mol. The Balaban J connectivity index is 2.27. The lowest BCUT2D eigenvalue weighted by Gasteiger charge is -2.41. The van der Waals surface area contributed by atoms with Crippen LogP contribution in [-0.4, -0.2) is 5.78 Å². The summed E-state index contributed by atoms with van der Waals surface area (Å²) in [6, 6.07) is 7.79. The number of carbonyl (C=O) groups excluding carboxylic acids is 1. The molecule has 0 atom stereocenters. The fourth-order valence-corrected chi connectivity index (χ4v) is 2.62. The lowest BCUT2D eigenvalue weighted by molar-refractivity contribution is -0.127. The quantitative estimate of drug-likeness (QED) is 0.768. The molecule has 0 aromatic heterocycles. The van der Waals surface area contributed by atoms with Gasteiger partial charge in [0.2, 0.25) is 0 Å². The van der Waals surface area contributed by atoms with Crippen LogP contribution in [0.5, 0.6) is 0 Å². The lowest BCUT2D eigenvalue weighted by atomic mass is 9.61. The third kappa shape index (κ3) is 1.89. The van der Waals surface area contributed by atoms with E-state index in [1.807, 2.05) is 24.3 Å². The van der Waals surface area contributed by atoms with Crippen LogP contribution in [0.1, 0.15) is 44.6 Å². The second-order valence-corrected chi connectivity index (χ2v) is 5.05. The molecule has 0 unspecified atom stereocenters. The SMILES string of the molecule is CCCC(=O)C1(c2ccc(Cl)cc2)CCC1. The minimum Gasteiger partial charge on any atom is -0.299 e. The number of Topliss-reactive ketones (excluding diaryl/α,β-unsaturated/α-hetero) is 1. The van der Waals surface area contributed by atoms with Crippen LogP contribution in [0.3, 0.4) is 0 Å². The number of hydrogen-bond acceptors (Lipinski definition) is 1. The minimum atomic E-state index is -0.180. The van der Waals surface area contributed by atoms with Gasteiger partial charge in [-0.2, -0.15) is 0 Å². The summed E-state index contributed by atoms with van der Waals surface area (Å²) in [5.74, 6) is 0.406. The van der Waals surface area contributed by atoms with E-state index in [0.29, 0.717) is 12.2 Å². The predicted octanol–water partition coefficient (Wildman–Crippen LogP) is 4.13. The molecular weight excluding hydrogens is 220 g/mol. The van der Waals surface area contributed by atoms with Gasteiger partial charge in [-0.25, -0.2) is 0 Å². The van der Waals surface area contributed by atoms with E-state index in [9.17, 15) is 4.79 Å². The summed E-state index contributed by atoms with van der Waals surface area (Å²) in [4.78, 5) is 12.2. The molecule has 0 radical (unpaired) electrons. The fourth-order valence-electron chi connectivity index (χ4n) is 2.49. The maximum atomic E-state index is 12.2. The molecule has 0 aliphatic heterocycles. The first-order valence-electron chi connectivity index (χ1n) is 5.98. The molecule has 2 rings (SSSR count). The summed E-state index contributed by atoms with van der Waals surface area (Å²) in [7, 11) is 0. The molecule has 1 aliphatic carbocycles. The van der Waals surface area contributed by atoms with E-state index in [-0.39, 0.29) is 5.41 Å². The van der Waals surface area contributed by atoms with Gasteiger partial charge in [-0.15, -0.1) is 0 Å². The molecule has 1 nitrogen and oxygen atoms in total. The van der Waals surface area contributed by atoms with Crippen molar-refractivity contribution in [2.24, 2.45) is 0 Å². The number of carbonyl (C=O) groups is 1. The molecule has 1 aliphatic rings. The molecule has 0 spiro atoms. The highest BCUT2D eigenvalue weighted by atomic mass is 35.5. The second-order valence-electron chi connectivity index (χ2n) is 4.62. The van der Waals surface area contributed by atoms with E-state index in [1.165, 1.54) is 0 Å². The molecule has 0 heterocycles. The van der Waals surface area contributed by atoms with Crippen molar-refractivity contribution in [2.75, 3.05) is 0 Å². The molecular formula is C14H17ClO. The normalized spacial score (nSPS) is 17.9. The van der Waals surface area contributed by atoms with Crippen molar-refractivity contribution in [1.82, 2.24) is 0 Å². The molecule has 86 valence electrons. The van der Waals surface area contributed by atoms with Crippen molar-refractivity contribution in [3.05, 3.63) is 34.9 Å². The Labute approximate surface area is 102 Å². The summed E-state index contributed by atoms with van der Waals surface area (Å²) in [6.07, 6.45) is 4.82. The van der Waals surface area contributed by atoms with Crippen molar-refractivity contribution in [3.63, 3.8) is 0 Å². The van der Waals surface area contributed by atoms with Gasteiger partial charge in [0.25, 0.3) is 0 Å². The lowest BCUT2D eigenvalue weighted by Crippen LogP contribution is -2.42. The van der Waals surface area contributed by atoms with Crippen LogP contribution >= 0.6 is 11.6 Å². The maximum Gasteiger partial charge on any atom is 0.143 e. The summed E-state index contributed by atoms with van der Waals surface area (Å²) >= 11 is 5.88. The molecule has 16 heavy (non-hydrogen) atoms. The summed E-state index contributed by atoms with van der Waals surface area (Å²) in [5.41, 5.74) is 0.974. The van der Waals surface area contributed by atoms with Crippen molar-refractivity contribution in [3.8, 4) is 0 Å². The highest BCUT2D eigenvalue weighted by molar-refractivity contribution is 6.30. The zero-order valence-electron chi connectivity index (χ0n) is 9.63. The average Bonchev–Trinajstić information content (AvgIpc) is 2.19. The van der Waals surface area contributed by atoms with E-state index in [4.69, 9.17) is 11.6 Å². The van der Waals surface area contributed by atoms with E-state index in [1.54, 1.807) is 0 Å². The maximum absolute atomic E-state index is 12.2. The van der Waals surface area contributed by atoms with Crippen LogP contribution in [0, 0.1) is 0 Å². The van der Waals surface area contributed by atoms with Gasteiger partial charge in [-0.05, 0) is 37.0 Å². The van der Waals surface area contributed by atoms with Gasteiger partial charge in [-0.1, -0.05) is 37.1 Å². The molecule has 1 aromatic carbocycles. The van der Waals surface area contributed by atoms with Crippen LogP contribution in [0.4, 0.5) is 0 Å². The Kier molecular flexibility index (Phi) is 3.34. The molecule has 1 saturated carbocycles. The highest BCUT2D eigenvalue weighted by Gasteiger charge is 2.44. The van der Waals surface area contributed by atoms with Crippen LogP contribution in [-0.2, 0) is 10.2 Å². The number of benzene rings is 1. The summed E-state index contributed by atoms with van der Waals surface area (Å²) < 4.78 is 0. The van der Waals surface area contributed by atoms with Crippen molar-refractivity contribution < 1.29 is 4.79 Å². The molecule has 0 saturated heterocycles.